The van der Waals surface area contributed by atoms with Crippen LogP contribution in [0.5, 0.6) is 0 Å². The summed E-state index contributed by atoms with van der Waals surface area (Å²) in [6, 6.07) is -0.419. The first kappa shape index (κ1) is 14.6. The van der Waals surface area contributed by atoms with Gasteiger partial charge in [0.25, 0.3) is 0 Å². The van der Waals surface area contributed by atoms with Crippen molar-refractivity contribution < 1.29 is 9.59 Å². The molecule has 0 aromatic carbocycles. The first-order valence-electron chi connectivity index (χ1n) is 6.40. The van der Waals surface area contributed by atoms with Gasteiger partial charge < -0.3 is 10.2 Å². The van der Waals surface area contributed by atoms with Crippen LogP contribution in [0.3, 0.4) is 0 Å². The van der Waals surface area contributed by atoms with Crippen molar-refractivity contribution in [1.82, 2.24) is 10.2 Å². The van der Waals surface area contributed by atoms with Gasteiger partial charge in [0.05, 0.1) is 6.54 Å². The van der Waals surface area contributed by atoms with Gasteiger partial charge in [-0.25, -0.2) is 0 Å². The zero-order valence-electron chi connectivity index (χ0n) is 11.8. The van der Waals surface area contributed by atoms with E-state index in [0.29, 0.717) is 13.0 Å². The predicted molar refractivity (Wildman–Crippen MR) is 70.6 cm³/mol. The summed E-state index contributed by atoms with van der Waals surface area (Å²) >= 11 is 0. The molecular weight excluding hydrogens is 228 g/mol. The fraction of sp³-hybridized carbons (Fsp3) is 0.714. The Bertz CT molecular complexity index is 406. The quantitative estimate of drug-likeness (QED) is 0.764. The Morgan fingerprint density at radius 2 is 2.06 bits per heavy atom. The topological polar surface area (TPSA) is 49.4 Å². The Morgan fingerprint density at radius 1 is 1.44 bits per heavy atom. The fourth-order valence-corrected chi connectivity index (χ4v) is 2.22. The summed E-state index contributed by atoms with van der Waals surface area (Å²) in [5.74, 6) is 5.64. The molecule has 0 spiro atoms. The number of amides is 2. The van der Waals surface area contributed by atoms with Gasteiger partial charge in [0.1, 0.15) is 11.6 Å². The Labute approximate surface area is 109 Å². The van der Waals surface area contributed by atoms with Crippen molar-refractivity contribution in [2.75, 3.05) is 6.54 Å². The molecule has 0 aromatic heterocycles. The van der Waals surface area contributed by atoms with Crippen molar-refractivity contribution in [3.63, 3.8) is 0 Å². The van der Waals surface area contributed by atoms with E-state index in [9.17, 15) is 9.59 Å². The van der Waals surface area contributed by atoms with Gasteiger partial charge in [-0.2, -0.15) is 0 Å². The van der Waals surface area contributed by atoms with E-state index in [1.54, 1.807) is 18.7 Å². The first-order valence-corrected chi connectivity index (χ1v) is 6.40. The molecule has 0 bridgehead atoms. The average molecular weight is 250 g/mol. The summed E-state index contributed by atoms with van der Waals surface area (Å²) in [5, 5.41) is 2.85. The van der Waals surface area contributed by atoms with Gasteiger partial charge in [-0.1, -0.05) is 26.7 Å². The van der Waals surface area contributed by atoms with Crippen LogP contribution in [0.4, 0.5) is 0 Å². The molecule has 2 unspecified atom stereocenters. The Balaban J connectivity index is 3.11. The maximum absolute atomic E-state index is 12.5. The number of nitrogens with zero attached hydrogens (tertiary/aromatic N) is 1. The minimum atomic E-state index is -0.794. The Hall–Kier alpha value is -1.50. The molecule has 1 aliphatic rings. The van der Waals surface area contributed by atoms with E-state index in [2.05, 4.69) is 17.2 Å². The van der Waals surface area contributed by atoms with Gasteiger partial charge in [-0.3, -0.25) is 9.59 Å². The molecular formula is C14H22N2O2. The van der Waals surface area contributed by atoms with Crippen LogP contribution < -0.4 is 5.32 Å². The molecule has 2 atom stereocenters. The van der Waals surface area contributed by atoms with Crippen molar-refractivity contribution in [2.24, 2.45) is 5.92 Å². The van der Waals surface area contributed by atoms with Crippen LogP contribution in [0.25, 0.3) is 0 Å². The SMILES string of the molecule is CC#CCN1C(=O)C(C)(CC)NC(=O)C1C(C)C. The maximum atomic E-state index is 12.5. The highest BCUT2D eigenvalue weighted by Gasteiger charge is 2.47. The van der Waals surface area contributed by atoms with E-state index in [-0.39, 0.29) is 17.7 Å². The highest BCUT2D eigenvalue weighted by molar-refractivity contribution is 5.99. The summed E-state index contributed by atoms with van der Waals surface area (Å²) in [7, 11) is 0. The molecule has 0 aliphatic carbocycles. The molecule has 1 fully saturated rings. The normalized spacial score (nSPS) is 27.9. The van der Waals surface area contributed by atoms with E-state index in [1.165, 1.54) is 0 Å². The number of rotatable bonds is 3. The van der Waals surface area contributed by atoms with Crippen LogP contribution in [0, 0.1) is 17.8 Å². The lowest BCUT2D eigenvalue weighted by Gasteiger charge is -2.44. The third-order valence-electron chi connectivity index (χ3n) is 3.50. The fourth-order valence-electron chi connectivity index (χ4n) is 2.22. The third-order valence-corrected chi connectivity index (χ3v) is 3.50. The minimum absolute atomic E-state index is 0.0361. The van der Waals surface area contributed by atoms with E-state index in [0.717, 1.165) is 0 Å². The number of nitrogens with one attached hydrogen (secondary N) is 1. The highest BCUT2D eigenvalue weighted by Crippen LogP contribution is 2.24. The minimum Gasteiger partial charge on any atom is -0.340 e. The van der Waals surface area contributed by atoms with Crippen LogP contribution >= 0.6 is 0 Å². The summed E-state index contributed by atoms with van der Waals surface area (Å²) in [4.78, 5) is 26.3. The summed E-state index contributed by atoms with van der Waals surface area (Å²) in [6.07, 6.45) is 0.582. The monoisotopic (exact) mass is 250 g/mol. The van der Waals surface area contributed by atoms with Gasteiger partial charge in [0.15, 0.2) is 0 Å². The Kier molecular flexibility index (Phi) is 4.39. The second-order valence-corrected chi connectivity index (χ2v) is 5.22. The third kappa shape index (κ3) is 2.50. The van der Waals surface area contributed by atoms with E-state index in [1.807, 2.05) is 20.8 Å². The van der Waals surface area contributed by atoms with Crippen molar-refractivity contribution in [3.05, 3.63) is 0 Å². The lowest BCUT2D eigenvalue weighted by molar-refractivity contribution is -0.155. The molecule has 100 valence electrons. The highest BCUT2D eigenvalue weighted by atomic mass is 16.2. The maximum Gasteiger partial charge on any atom is 0.249 e. The van der Waals surface area contributed by atoms with E-state index >= 15 is 0 Å². The van der Waals surface area contributed by atoms with Crippen molar-refractivity contribution in [3.8, 4) is 11.8 Å². The number of carbonyl (C=O) groups is 2. The van der Waals surface area contributed by atoms with Crippen LogP contribution in [0.2, 0.25) is 0 Å². The van der Waals surface area contributed by atoms with E-state index in [4.69, 9.17) is 0 Å². The number of carbonyl (C=O) groups excluding carboxylic acids is 2. The number of hydrogen-bond donors (Lipinski definition) is 1. The van der Waals surface area contributed by atoms with Crippen LogP contribution in [-0.2, 0) is 9.59 Å². The zero-order valence-corrected chi connectivity index (χ0v) is 11.8. The molecule has 0 saturated carbocycles. The zero-order chi connectivity index (χ0) is 13.9. The predicted octanol–water partition coefficient (Wildman–Crippen LogP) is 1.16. The molecule has 4 nitrogen and oxygen atoms in total. The van der Waals surface area contributed by atoms with Gasteiger partial charge >= 0.3 is 0 Å². The van der Waals surface area contributed by atoms with Gasteiger partial charge in [0.2, 0.25) is 11.8 Å². The molecule has 18 heavy (non-hydrogen) atoms. The van der Waals surface area contributed by atoms with Gasteiger partial charge in [-0.05, 0) is 26.2 Å². The molecule has 0 radical (unpaired) electrons. The molecule has 1 aliphatic heterocycles. The lowest BCUT2D eigenvalue weighted by Crippen LogP contribution is -2.70. The number of hydrogen-bond acceptors (Lipinski definition) is 2. The van der Waals surface area contributed by atoms with Crippen molar-refractivity contribution in [1.29, 1.82) is 0 Å². The molecule has 4 heteroatoms. The van der Waals surface area contributed by atoms with Crippen LogP contribution in [0.15, 0.2) is 0 Å². The standard InChI is InChI=1S/C14H22N2O2/c1-6-8-9-16-11(10(3)4)12(17)15-14(5,7-2)13(16)18/h10-11H,7,9H2,1-5H3,(H,15,17). The first-order chi connectivity index (χ1) is 8.37. The Morgan fingerprint density at radius 3 is 2.50 bits per heavy atom. The summed E-state index contributed by atoms with van der Waals surface area (Å²) in [6.45, 7) is 9.61. The largest absolute Gasteiger partial charge is 0.340 e. The summed E-state index contributed by atoms with van der Waals surface area (Å²) in [5.41, 5.74) is -0.794. The lowest BCUT2D eigenvalue weighted by atomic mass is 9.88. The molecule has 0 aromatic rings. The molecule has 1 rings (SSSR count). The van der Waals surface area contributed by atoms with Crippen LogP contribution in [-0.4, -0.2) is 34.8 Å². The molecule has 1 N–H and O–H groups in total. The summed E-state index contributed by atoms with van der Waals surface area (Å²) < 4.78 is 0. The second kappa shape index (κ2) is 5.43. The molecule has 1 heterocycles. The van der Waals surface area contributed by atoms with Crippen LogP contribution in [0.1, 0.15) is 41.0 Å². The average Bonchev–Trinajstić information content (AvgIpc) is 2.31. The number of piperazine rings is 1. The second-order valence-electron chi connectivity index (χ2n) is 5.22. The van der Waals surface area contributed by atoms with Gasteiger partial charge in [-0.15, -0.1) is 5.92 Å². The van der Waals surface area contributed by atoms with Crippen molar-refractivity contribution in [2.45, 2.75) is 52.6 Å². The molecule has 1 saturated heterocycles. The smallest absolute Gasteiger partial charge is 0.249 e. The van der Waals surface area contributed by atoms with Gasteiger partial charge in [0, 0.05) is 0 Å². The van der Waals surface area contributed by atoms with E-state index < -0.39 is 11.6 Å². The van der Waals surface area contributed by atoms with Crippen molar-refractivity contribution >= 4 is 11.8 Å². The molecule has 2 amide bonds.